The van der Waals surface area contributed by atoms with Crippen LogP contribution in [0.4, 0.5) is 11.4 Å². The minimum Gasteiger partial charge on any atom is -0.351 e. The molecule has 0 saturated carbocycles. The molecule has 1 heterocycles. The predicted octanol–water partition coefficient (Wildman–Crippen LogP) is 3.05. The van der Waals surface area contributed by atoms with Crippen LogP contribution >= 0.6 is 0 Å². The van der Waals surface area contributed by atoms with Gasteiger partial charge in [0.2, 0.25) is 0 Å². The number of carbonyl (C=O) groups excluding carboxylic acids is 2. The normalized spacial score (nSPS) is 10.6. The second-order valence-electron chi connectivity index (χ2n) is 6.85. The highest BCUT2D eigenvalue weighted by atomic mass is 16.7. The zero-order chi connectivity index (χ0) is 23.6. The summed E-state index contributed by atoms with van der Waals surface area (Å²) in [5.74, 6) is -0.838. The number of rotatable bonds is 10. The second-order valence-corrected chi connectivity index (χ2v) is 6.85. The molecule has 0 spiro atoms. The number of aromatic nitrogens is 3. The second kappa shape index (κ2) is 11.5. The third-order valence-corrected chi connectivity index (χ3v) is 4.44. The largest absolute Gasteiger partial charge is 0.351 e. The van der Waals surface area contributed by atoms with Crippen LogP contribution in [0, 0.1) is 11.3 Å². The van der Waals surface area contributed by atoms with Crippen LogP contribution in [0.2, 0.25) is 0 Å². The number of nitriles is 1. The van der Waals surface area contributed by atoms with Crippen molar-refractivity contribution < 1.29 is 19.1 Å². The van der Waals surface area contributed by atoms with E-state index in [-0.39, 0.29) is 11.6 Å². The average molecular weight is 448 g/mol. The van der Waals surface area contributed by atoms with Crippen LogP contribution < -0.4 is 10.6 Å². The van der Waals surface area contributed by atoms with E-state index in [0.717, 1.165) is 0 Å². The van der Waals surface area contributed by atoms with Crippen molar-refractivity contribution in [2.45, 2.75) is 26.7 Å². The highest BCUT2D eigenvalue weighted by Crippen LogP contribution is 2.15. The Morgan fingerprint density at radius 2 is 1.70 bits per heavy atom. The molecule has 0 atom stereocenters. The molecule has 10 heteroatoms. The SMILES string of the molecule is CCOC(Cn1cc(C(=O)Nc2cccc(C(=O)Nc3cccc(C#N)c3)c2)nn1)OCC. The molecule has 2 N–H and O–H groups in total. The van der Waals surface area contributed by atoms with Gasteiger partial charge >= 0.3 is 0 Å². The maximum Gasteiger partial charge on any atom is 0.277 e. The van der Waals surface area contributed by atoms with Gasteiger partial charge in [0.25, 0.3) is 11.8 Å². The number of carbonyl (C=O) groups is 2. The fourth-order valence-electron chi connectivity index (χ4n) is 2.97. The fourth-order valence-corrected chi connectivity index (χ4v) is 2.97. The zero-order valence-electron chi connectivity index (χ0n) is 18.3. The first-order valence-corrected chi connectivity index (χ1v) is 10.4. The number of benzene rings is 2. The highest BCUT2D eigenvalue weighted by molar-refractivity contribution is 6.06. The van der Waals surface area contributed by atoms with E-state index in [4.69, 9.17) is 14.7 Å². The monoisotopic (exact) mass is 448 g/mol. The van der Waals surface area contributed by atoms with Crippen LogP contribution in [0.5, 0.6) is 0 Å². The van der Waals surface area contributed by atoms with Gasteiger partial charge in [-0.1, -0.05) is 17.3 Å². The molecule has 3 rings (SSSR count). The van der Waals surface area contributed by atoms with E-state index in [1.165, 1.54) is 10.9 Å². The van der Waals surface area contributed by atoms with Crippen molar-refractivity contribution in [2.24, 2.45) is 0 Å². The third-order valence-electron chi connectivity index (χ3n) is 4.44. The summed E-state index contributed by atoms with van der Waals surface area (Å²) in [6, 6.07) is 15.1. The summed E-state index contributed by atoms with van der Waals surface area (Å²) in [5, 5.41) is 22.3. The van der Waals surface area contributed by atoms with Crippen LogP contribution in [0.3, 0.4) is 0 Å². The number of hydrogen-bond donors (Lipinski definition) is 2. The van der Waals surface area contributed by atoms with Gasteiger partial charge in [-0.2, -0.15) is 5.26 Å². The van der Waals surface area contributed by atoms with Crippen LogP contribution in [-0.4, -0.2) is 46.3 Å². The van der Waals surface area contributed by atoms with Crippen molar-refractivity contribution >= 4 is 23.2 Å². The zero-order valence-corrected chi connectivity index (χ0v) is 18.3. The highest BCUT2D eigenvalue weighted by Gasteiger charge is 2.15. The maximum atomic E-state index is 12.6. The standard InChI is InChI=1S/C23H24N6O4/c1-3-32-21(33-4-2)15-29-14-20(27-28-29)23(31)26-19-10-6-8-17(12-19)22(30)25-18-9-5-7-16(11-18)13-24/h5-12,14,21H,3-4,15H2,1-2H3,(H,25,30)(H,26,31). The number of ether oxygens (including phenoxy) is 2. The van der Waals surface area contributed by atoms with Gasteiger partial charge in [-0.05, 0) is 50.2 Å². The van der Waals surface area contributed by atoms with Crippen molar-refractivity contribution in [2.75, 3.05) is 23.8 Å². The minimum absolute atomic E-state index is 0.116. The molecule has 0 unspecified atom stereocenters. The maximum absolute atomic E-state index is 12.6. The first-order valence-electron chi connectivity index (χ1n) is 10.4. The van der Waals surface area contributed by atoms with E-state index in [0.29, 0.717) is 42.3 Å². The van der Waals surface area contributed by atoms with Crippen molar-refractivity contribution in [3.63, 3.8) is 0 Å². The van der Waals surface area contributed by atoms with Crippen LogP contribution in [-0.2, 0) is 16.0 Å². The first-order chi connectivity index (χ1) is 16.0. The average Bonchev–Trinajstić information content (AvgIpc) is 3.28. The van der Waals surface area contributed by atoms with Gasteiger partial charge in [0, 0.05) is 30.2 Å². The molecule has 3 aromatic rings. The lowest BCUT2D eigenvalue weighted by molar-refractivity contribution is -0.145. The van der Waals surface area contributed by atoms with Crippen molar-refractivity contribution in [3.8, 4) is 6.07 Å². The lowest BCUT2D eigenvalue weighted by atomic mass is 10.1. The molecule has 2 amide bonds. The summed E-state index contributed by atoms with van der Waals surface area (Å²) in [6.07, 6.45) is 1.01. The number of amides is 2. The lowest BCUT2D eigenvalue weighted by Gasteiger charge is -2.16. The molecule has 10 nitrogen and oxygen atoms in total. The van der Waals surface area contributed by atoms with E-state index in [9.17, 15) is 9.59 Å². The van der Waals surface area contributed by atoms with Crippen molar-refractivity contribution in [3.05, 3.63) is 71.5 Å². The van der Waals surface area contributed by atoms with Gasteiger partial charge in [-0.3, -0.25) is 9.59 Å². The molecule has 0 bridgehead atoms. The van der Waals surface area contributed by atoms with E-state index in [2.05, 4.69) is 20.9 Å². The molecule has 170 valence electrons. The summed E-state index contributed by atoms with van der Waals surface area (Å²) >= 11 is 0. The number of hydrogen-bond acceptors (Lipinski definition) is 7. The first kappa shape index (κ1) is 23.6. The molecule has 1 aromatic heterocycles. The fraction of sp³-hybridized carbons (Fsp3) is 0.261. The predicted molar refractivity (Wildman–Crippen MR) is 121 cm³/mol. The molecule has 0 saturated heterocycles. The minimum atomic E-state index is -0.485. The molecule has 0 radical (unpaired) electrons. The Hall–Kier alpha value is -4.07. The van der Waals surface area contributed by atoms with Crippen LogP contribution in [0.25, 0.3) is 0 Å². The molecular formula is C23H24N6O4. The number of anilines is 2. The van der Waals surface area contributed by atoms with E-state index in [1.807, 2.05) is 19.9 Å². The summed E-state index contributed by atoms with van der Waals surface area (Å²) < 4.78 is 12.4. The quantitative estimate of drug-likeness (QED) is 0.456. The Balaban J connectivity index is 1.64. The molecular weight excluding hydrogens is 424 g/mol. The summed E-state index contributed by atoms with van der Waals surface area (Å²) in [7, 11) is 0. The van der Waals surface area contributed by atoms with Crippen molar-refractivity contribution in [1.29, 1.82) is 5.26 Å². The Labute approximate surface area is 191 Å². The van der Waals surface area contributed by atoms with Gasteiger partial charge in [0.1, 0.15) is 0 Å². The Kier molecular flexibility index (Phi) is 8.24. The van der Waals surface area contributed by atoms with Crippen LogP contribution in [0.1, 0.15) is 40.3 Å². The summed E-state index contributed by atoms with van der Waals surface area (Å²) in [5.41, 5.74) is 1.83. The molecule has 0 aliphatic carbocycles. The molecule has 33 heavy (non-hydrogen) atoms. The Morgan fingerprint density at radius 3 is 2.39 bits per heavy atom. The Bertz CT molecular complexity index is 1150. The van der Waals surface area contributed by atoms with E-state index < -0.39 is 12.2 Å². The van der Waals surface area contributed by atoms with Crippen molar-refractivity contribution in [1.82, 2.24) is 15.0 Å². The van der Waals surface area contributed by atoms with Gasteiger partial charge in [-0.25, -0.2) is 4.68 Å². The van der Waals surface area contributed by atoms with Gasteiger partial charge < -0.3 is 20.1 Å². The molecule has 0 aliphatic rings. The van der Waals surface area contributed by atoms with Gasteiger partial charge in [-0.15, -0.1) is 5.10 Å². The molecule has 2 aromatic carbocycles. The molecule has 0 fully saturated rings. The third kappa shape index (κ3) is 6.70. The smallest absolute Gasteiger partial charge is 0.277 e. The van der Waals surface area contributed by atoms with E-state index in [1.54, 1.807) is 48.5 Å². The van der Waals surface area contributed by atoms with Gasteiger partial charge in [0.15, 0.2) is 12.0 Å². The Morgan fingerprint density at radius 1 is 1.03 bits per heavy atom. The number of nitrogens with zero attached hydrogens (tertiary/aromatic N) is 4. The topological polar surface area (TPSA) is 131 Å². The van der Waals surface area contributed by atoms with Crippen LogP contribution in [0.15, 0.2) is 54.7 Å². The lowest BCUT2D eigenvalue weighted by Crippen LogP contribution is -2.24. The summed E-state index contributed by atoms with van der Waals surface area (Å²) in [6.45, 7) is 5.00. The molecule has 0 aliphatic heterocycles. The van der Waals surface area contributed by atoms with Gasteiger partial charge in [0.05, 0.1) is 24.4 Å². The van der Waals surface area contributed by atoms with E-state index >= 15 is 0 Å². The number of nitrogens with one attached hydrogen (secondary N) is 2. The summed E-state index contributed by atoms with van der Waals surface area (Å²) in [4.78, 5) is 25.2.